The summed E-state index contributed by atoms with van der Waals surface area (Å²) in [6.07, 6.45) is 0. The van der Waals surface area contributed by atoms with Crippen molar-refractivity contribution in [2.24, 2.45) is 11.7 Å². The Hall–Kier alpha value is -3.39. The number of allylic oxidation sites excluding steroid dienone is 1. The molecule has 1 aromatic carbocycles. The molecule has 0 bridgehead atoms. The lowest BCUT2D eigenvalue weighted by molar-refractivity contribution is -0.385. The highest BCUT2D eigenvalue weighted by Crippen LogP contribution is 2.43. The van der Waals surface area contributed by atoms with Crippen molar-refractivity contribution in [2.45, 2.75) is 12.8 Å². The number of nitro benzene ring substituents is 1. The van der Waals surface area contributed by atoms with Gasteiger partial charge in [-0.15, -0.1) is 0 Å². The average Bonchev–Trinajstić information content (AvgIpc) is 2.65. The molecule has 0 saturated carbocycles. The number of hydrogen-bond acceptors (Lipinski definition) is 8. The van der Waals surface area contributed by atoms with Crippen LogP contribution in [0.1, 0.15) is 18.4 Å². The molecule has 0 radical (unpaired) electrons. The summed E-state index contributed by atoms with van der Waals surface area (Å²) in [7, 11) is 0. The molecule has 3 N–H and O–H groups in total. The minimum absolute atomic E-state index is 0.0128. The maximum atomic E-state index is 12.6. The highest BCUT2D eigenvalue weighted by atomic mass is 32.2. The van der Waals surface area contributed by atoms with Crippen molar-refractivity contribution < 1.29 is 24.0 Å². The van der Waals surface area contributed by atoms with Crippen LogP contribution in [0, 0.1) is 27.4 Å². The molecule has 0 fully saturated rings. The Morgan fingerprint density at radius 2 is 2.11 bits per heavy atom. The van der Waals surface area contributed by atoms with Crippen molar-refractivity contribution >= 4 is 35.2 Å². The molecule has 0 spiro atoms. The number of carbonyl (C=O) groups excluding carboxylic acids is 3. The van der Waals surface area contributed by atoms with Crippen LogP contribution in [0.4, 0.5) is 5.69 Å². The van der Waals surface area contributed by atoms with E-state index in [4.69, 9.17) is 10.5 Å². The number of nitrogens with zero attached hydrogens (tertiary/aromatic N) is 2. The summed E-state index contributed by atoms with van der Waals surface area (Å²) in [5.74, 6) is -5.33. The number of amides is 2. The second-order valence-electron chi connectivity index (χ2n) is 5.62. The highest BCUT2D eigenvalue weighted by Gasteiger charge is 2.46. The number of primary amides is 1. The van der Waals surface area contributed by atoms with Gasteiger partial charge in [-0.05, 0) is 6.92 Å². The molecule has 0 aromatic heterocycles. The molecule has 2 atom stereocenters. The number of hydrogen-bond donors (Lipinski definition) is 2. The van der Waals surface area contributed by atoms with Gasteiger partial charge in [0.05, 0.1) is 39.9 Å². The van der Waals surface area contributed by atoms with Gasteiger partial charge in [-0.1, -0.05) is 30.0 Å². The number of nitrogens with two attached hydrogens (primary N) is 1. The van der Waals surface area contributed by atoms with Crippen LogP contribution in [0.3, 0.4) is 0 Å². The van der Waals surface area contributed by atoms with Gasteiger partial charge in [0, 0.05) is 11.6 Å². The lowest BCUT2D eigenvalue weighted by Crippen LogP contribution is -2.44. The average molecular weight is 404 g/mol. The molecule has 0 unspecified atom stereocenters. The first-order chi connectivity index (χ1) is 13.3. The molecule has 10 nitrogen and oxygen atoms in total. The number of nitro groups is 1. The molecule has 0 saturated heterocycles. The van der Waals surface area contributed by atoms with E-state index in [0.717, 1.165) is 11.8 Å². The Morgan fingerprint density at radius 3 is 2.68 bits per heavy atom. The fraction of sp³-hybridized carbons (Fsp3) is 0.294. The second-order valence-corrected chi connectivity index (χ2v) is 6.61. The Bertz CT molecular complexity index is 907. The van der Waals surface area contributed by atoms with Gasteiger partial charge >= 0.3 is 5.97 Å². The summed E-state index contributed by atoms with van der Waals surface area (Å²) < 4.78 is 4.95. The second kappa shape index (κ2) is 9.01. The lowest BCUT2D eigenvalue weighted by Gasteiger charge is -2.30. The van der Waals surface area contributed by atoms with Crippen molar-refractivity contribution in [3.05, 3.63) is 50.5 Å². The van der Waals surface area contributed by atoms with Gasteiger partial charge in [0.2, 0.25) is 11.8 Å². The van der Waals surface area contributed by atoms with Gasteiger partial charge in [0.25, 0.3) is 5.69 Å². The van der Waals surface area contributed by atoms with E-state index in [-0.39, 0.29) is 34.2 Å². The molecular formula is C17H16N4O6S. The largest absolute Gasteiger partial charge is 0.465 e. The monoisotopic (exact) mass is 404 g/mol. The SMILES string of the molecule is CCOC(=O)[C@@H]1C(=O)NC(SCC(N)=O)=C(C#N)[C@@H]1c1ccccc1[N+](=O)[O-]. The molecule has 1 heterocycles. The van der Waals surface area contributed by atoms with E-state index in [1.807, 2.05) is 6.07 Å². The van der Waals surface area contributed by atoms with Gasteiger partial charge in [0.15, 0.2) is 0 Å². The van der Waals surface area contributed by atoms with E-state index in [0.29, 0.717) is 0 Å². The fourth-order valence-corrected chi connectivity index (χ4v) is 3.61. The topological polar surface area (TPSA) is 165 Å². The Morgan fingerprint density at radius 1 is 1.43 bits per heavy atom. The maximum Gasteiger partial charge on any atom is 0.319 e. The van der Waals surface area contributed by atoms with Crippen molar-refractivity contribution in [3.8, 4) is 6.07 Å². The van der Waals surface area contributed by atoms with E-state index in [1.54, 1.807) is 6.92 Å². The smallest absolute Gasteiger partial charge is 0.319 e. The third-order valence-corrected chi connectivity index (χ3v) is 4.94. The van der Waals surface area contributed by atoms with Gasteiger partial charge in [-0.2, -0.15) is 5.26 Å². The van der Waals surface area contributed by atoms with Crippen LogP contribution >= 0.6 is 11.8 Å². The van der Waals surface area contributed by atoms with Gasteiger partial charge in [0.1, 0.15) is 5.92 Å². The number of thioether (sulfide) groups is 1. The first-order valence-corrected chi connectivity index (χ1v) is 9.06. The summed E-state index contributed by atoms with van der Waals surface area (Å²) in [6, 6.07) is 7.43. The van der Waals surface area contributed by atoms with Crippen LogP contribution in [0.25, 0.3) is 0 Å². The molecule has 2 amide bonds. The molecular weight excluding hydrogens is 388 g/mol. The number of benzene rings is 1. The Balaban J connectivity index is 2.69. The standard InChI is InChI=1S/C17H16N4O6S/c1-2-27-17(24)14-13(9-5-3-4-6-11(9)21(25)26)10(7-18)16(20-15(14)23)28-8-12(19)22/h3-6,13-14H,2,8H2,1H3,(H2,19,22)(H,20,23)/t13-,14-/m0/s1. The van der Waals surface area contributed by atoms with E-state index in [2.05, 4.69) is 5.32 Å². The number of carbonyl (C=O) groups is 3. The third kappa shape index (κ3) is 4.29. The summed E-state index contributed by atoms with van der Waals surface area (Å²) in [4.78, 5) is 47.0. The zero-order valence-corrected chi connectivity index (χ0v) is 15.5. The molecule has 2 rings (SSSR count). The Kier molecular flexibility index (Phi) is 6.73. The molecule has 28 heavy (non-hydrogen) atoms. The Labute approximate surface area is 163 Å². The molecule has 1 aliphatic rings. The predicted molar refractivity (Wildman–Crippen MR) is 98.4 cm³/mol. The van der Waals surface area contributed by atoms with Crippen molar-refractivity contribution in [1.82, 2.24) is 5.32 Å². The fourth-order valence-electron chi connectivity index (χ4n) is 2.82. The summed E-state index contributed by atoms with van der Waals surface area (Å²) in [6.45, 7) is 1.54. The minimum atomic E-state index is -1.49. The van der Waals surface area contributed by atoms with Crippen LogP contribution in [0.2, 0.25) is 0 Å². The number of nitrogens with one attached hydrogen (secondary N) is 1. The summed E-state index contributed by atoms with van der Waals surface area (Å²) >= 11 is 0.810. The molecule has 146 valence electrons. The van der Waals surface area contributed by atoms with Crippen LogP contribution in [0.5, 0.6) is 0 Å². The van der Waals surface area contributed by atoms with Gasteiger partial charge in [-0.3, -0.25) is 24.5 Å². The number of rotatable bonds is 7. The van der Waals surface area contributed by atoms with Crippen LogP contribution in [-0.2, 0) is 19.1 Å². The molecule has 0 aliphatic carbocycles. The minimum Gasteiger partial charge on any atom is -0.465 e. The third-order valence-electron chi connectivity index (χ3n) is 3.90. The molecule has 1 aliphatic heterocycles. The van der Waals surface area contributed by atoms with E-state index in [9.17, 15) is 29.8 Å². The van der Waals surface area contributed by atoms with Crippen molar-refractivity contribution in [1.29, 1.82) is 5.26 Å². The lowest BCUT2D eigenvalue weighted by atomic mass is 9.78. The number of esters is 1. The number of para-hydroxylation sites is 1. The van der Waals surface area contributed by atoms with E-state index in [1.165, 1.54) is 24.3 Å². The first kappa shape index (κ1) is 20.9. The molecule has 11 heteroatoms. The summed E-state index contributed by atoms with van der Waals surface area (Å²) in [5.41, 5.74) is 4.71. The number of nitriles is 1. The van der Waals surface area contributed by atoms with Crippen LogP contribution < -0.4 is 11.1 Å². The van der Waals surface area contributed by atoms with Gasteiger partial charge in [-0.25, -0.2) is 0 Å². The van der Waals surface area contributed by atoms with E-state index >= 15 is 0 Å². The predicted octanol–water partition coefficient (Wildman–Crippen LogP) is 0.941. The molecule has 1 aromatic rings. The van der Waals surface area contributed by atoms with E-state index < -0.39 is 34.5 Å². The van der Waals surface area contributed by atoms with Gasteiger partial charge < -0.3 is 15.8 Å². The van der Waals surface area contributed by atoms with Crippen LogP contribution in [-0.4, -0.2) is 35.1 Å². The number of ether oxygens (including phenoxy) is 1. The zero-order valence-electron chi connectivity index (χ0n) is 14.7. The van der Waals surface area contributed by atoms with Crippen LogP contribution in [0.15, 0.2) is 34.9 Å². The first-order valence-electron chi connectivity index (χ1n) is 8.08. The maximum absolute atomic E-state index is 12.6. The highest BCUT2D eigenvalue weighted by molar-refractivity contribution is 8.03. The zero-order chi connectivity index (χ0) is 20.8. The normalized spacial score (nSPS) is 18.8. The quantitative estimate of drug-likeness (QED) is 0.293. The van der Waals surface area contributed by atoms with Crippen molar-refractivity contribution in [3.63, 3.8) is 0 Å². The van der Waals surface area contributed by atoms with Crippen molar-refractivity contribution in [2.75, 3.05) is 12.4 Å². The summed E-state index contributed by atoms with van der Waals surface area (Å²) in [5, 5.41) is 23.6.